The van der Waals surface area contributed by atoms with Crippen LogP contribution in [0, 0.1) is 5.92 Å². The molecule has 3 aromatic rings. The molecule has 2 amide bonds. The minimum Gasteiger partial charge on any atom is -0.492 e. The lowest BCUT2D eigenvalue weighted by Gasteiger charge is -2.34. The molecule has 47 heavy (non-hydrogen) atoms. The third-order valence-corrected chi connectivity index (χ3v) is 9.08. The third-order valence-electron chi connectivity index (χ3n) is 9.08. The Kier molecular flexibility index (Phi) is 10.2. The Bertz CT molecular complexity index is 1580. The van der Waals surface area contributed by atoms with Crippen LogP contribution in [0.5, 0.6) is 5.75 Å². The lowest BCUT2D eigenvalue weighted by atomic mass is 10.0. The normalized spacial score (nSPS) is 17.4. The van der Waals surface area contributed by atoms with Crippen molar-refractivity contribution in [3.05, 3.63) is 53.6 Å². The minimum absolute atomic E-state index is 0.0243. The van der Waals surface area contributed by atoms with E-state index in [0.29, 0.717) is 73.1 Å². The maximum absolute atomic E-state index is 13.8. The summed E-state index contributed by atoms with van der Waals surface area (Å²) >= 11 is 0. The lowest BCUT2D eigenvalue weighted by Crippen LogP contribution is -2.54. The summed E-state index contributed by atoms with van der Waals surface area (Å²) in [4.78, 5) is 43.4. The third kappa shape index (κ3) is 7.49. The molecule has 5 N–H and O–H groups in total. The predicted molar refractivity (Wildman–Crippen MR) is 178 cm³/mol. The molecule has 3 heterocycles. The monoisotopic (exact) mass is 644 g/mol. The Morgan fingerprint density at radius 1 is 0.936 bits per heavy atom. The highest BCUT2D eigenvalue weighted by molar-refractivity contribution is 6.26. The van der Waals surface area contributed by atoms with Crippen molar-refractivity contribution in [2.45, 2.75) is 32.7 Å². The van der Waals surface area contributed by atoms with E-state index in [1.807, 2.05) is 49.2 Å². The summed E-state index contributed by atoms with van der Waals surface area (Å²) in [5, 5.41) is 12.3. The number of H-pyrrole nitrogens is 1. The minimum atomic E-state index is -0.620. The average Bonchev–Trinajstić information content (AvgIpc) is 3.81. The first-order chi connectivity index (χ1) is 22.8. The van der Waals surface area contributed by atoms with Crippen LogP contribution < -0.4 is 21.2 Å². The highest BCUT2D eigenvalue weighted by atomic mass is 16.5. The van der Waals surface area contributed by atoms with Gasteiger partial charge in [-0.2, -0.15) is 5.10 Å². The van der Waals surface area contributed by atoms with Gasteiger partial charge in [0.2, 0.25) is 0 Å². The van der Waals surface area contributed by atoms with E-state index in [1.54, 1.807) is 12.1 Å². The number of carbonyl (C=O) groups excluding carboxylic acids is 3. The largest absolute Gasteiger partial charge is 0.492 e. The number of nitrogens with two attached hydrogens (primary N) is 1. The molecule has 1 aliphatic carbocycles. The van der Waals surface area contributed by atoms with Crippen LogP contribution in [0.25, 0.3) is 22.5 Å². The molecule has 2 aromatic carbocycles. The molecule has 1 atom stereocenters. The Labute approximate surface area is 274 Å². The molecule has 0 saturated carbocycles. The first kappa shape index (κ1) is 32.6. The van der Waals surface area contributed by atoms with Crippen molar-refractivity contribution < 1.29 is 23.9 Å². The number of ketones is 1. The summed E-state index contributed by atoms with van der Waals surface area (Å²) in [5.74, 6) is 0.232. The van der Waals surface area contributed by atoms with E-state index < -0.39 is 12.1 Å². The number of benzene rings is 2. The highest BCUT2D eigenvalue weighted by Gasteiger charge is 2.35. The van der Waals surface area contributed by atoms with Gasteiger partial charge < -0.3 is 20.5 Å². The number of carbonyl (C=O) groups is 3. The zero-order chi connectivity index (χ0) is 32.9. The number of hydrazine groups is 1. The van der Waals surface area contributed by atoms with Crippen LogP contribution in [-0.2, 0) is 9.53 Å². The number of esters is 1. The van der Waals surface area contributed by atoms with Crippen LogP contribution in [0.4, 0.5) is 10.5 Å². The van der Waals surface area contributed by atoms with Crippen LogP contribution in [0.3, 0.4) is 0 Å². The second-order valence-corrected chi connectivity index (χ2v) is 12.6. The first-order valence-corrected chi connectivity index (χ1v) is 16.5. The number of hydrogen-bond acceptors (Lipinski definition) is 10. The van der Waals surface area contributed by atoms with Crippen molar-refractivity contribution in [3.63, 3.8) is 0 Å². The fourth-order valence-electron chi connectivity index (χ4n) is 6.23. The molecular formula is C34H44N8O5. The number of rotatable bonds is 12. The van der Waals surface area contributed by atoms with Crippen LogP contribution in [-0.4, -0.2) is 114 Å². The summed E-state index contributed by atoms with van der Waals surface area (Å²) in [7, 11) is 0. The molecule has 0 spiro atoms. The number of nitrogens with zero attached hydrogens (tertiary/aromatic N) is 4. The van der Waals surface area contributed by atoms with Gasteiger partial charge in [-0.05, 0) is 62.2 Å². The van der Waals surface area contributed by atoms with E-state index in [-0.39, 0.29) is 24.3 Å². The van der Waals surface area contributed by atoms with Crippen LogP contribution in [0.15, 0.2) is 42.5 Å². The molecule has 250 valence electrons. The summed E-state index contributed by atoms with van der Waals surface area (Å²) in [6.45, 7) is 11.1. The lowest BCUT2D eigenvalue weighted by molar-refractivity contribution is -0.146. The molecule has 3 aliphatic rings. The molecular weight excluding hydrogens is 600 g/mol. The first-order valence-electron chi connectivity index (χ1n) is 16.5. The quantitative estimate of drug-likeness (QED) is 0.169. The Balaban J connectivity index is 1.01. The standard InChI is InChI=1S/C34H44N8O5/c1-22(2)29(35)33(44)47-21-19-41-14-16-42(17-15-41)39-34(45)36-26-7-5-6-25-27(26)32(43)28-30(37-38-31(25)28)23-8-10-24(11-9-23)46-20-18-40-12-3-4-13-40/h5-11,22,29H,3-4,12-21,35H2,1-2H3,(H,37,38)(H2,36,39,45). The number of ether oxygens (including phenoxy) is 2. The van der Waals surface area contributed by atoms with Crippen LogP contribution in [0.2, 0.25) is 0 Å². The molecule has 0 radical (unpaired) electrons. The molecule has 1 unspecified atom stereocenters. The SMILES string of the molecule is CC(C)C(N)C(=O)OCCN1CCN(NC(=O)Nc2cccc3c2C(=O)c2c-3n[nH]c2-c2ccc(OCCN3CCCC3)cc2)CC1. The van der Waals surface area contributed by atoms with E-state index in [2.05, 4.69) is 30.7 Å². The van der Waals surface area contributed by atoms with Gasteiger partial charge in [-0.3, -0.25) is 29.9 Å². The molecule has 6 rings (SSSR count). The number of aromatic nitrogens is 2. The smallest absolute Gasteiger partial charge is 0.333 e. The molecule has 1 aromatic heterocycles. The number of urea groups is 1. The predicted octanol–water partition coefficient (Wildman–Crippen LogP) is 2.94. The van der Waals surface area contributed by atoms with Crippen molar-refractivity contribution in [3.8, 4) is 28.3 Å². The Morgan fingerprint density at radius 3 is 2.36 bits per heavy atom. The van der Waals surface area contributed by atoms with Crippen molar-refractivity contribution >= 4 is 23.5 Å². The van der Waals surface area contributed by atoms with Gasteiger partial charge in [0.25, 0.3) is 0 Å². The summed E-state index contributed by atoms with van der Waals surface area (Å²) in [5.41, 5.74) is 12.8. The van der Waals surface area contributed by atoms with Gasteiger partial charge in [-0.15, -0.1) is 0 Å². The van der Waals surface area contributed by atoms with Crippen molar-refractivity contribution in [1.82, 2.24) is 30.4 Å². The van der Waals surface area contributed by atoms with Crippen molar-refractivity contribution in [2.75, 3.05) is 70.9 Å². The maximum Gasteiger partial charge on any atom is 0.333 e. The molecule has 2 fully saturated rings. The average molecular weight is 645 g/mol. The van der Waals surface area contributed by atoms with E-state index in [4.69, 9.17) is 15.2 Å². The molecule has 0 bridgehead atoms. The fraction of sp³-hybridized carbons (Fsp3) is 0.471. The van der Waals surface area contributed by atoms with Gasteiger partial charge in [0, 0.05) is 50.4 Å². The van der Waals surface area contributed by atoms with E-state index >= 15 is 0 Å². The second-order valence-electron chi connectivity index (χ2n) is 12.6. The number of amides is 2. The number of anilines is 1. The summed E-state index contributed by atoms with van der Waals surface area (Å²) < 4.78 is 11.3. The topological polar surface area (TPSA) is 158 Å². The van der Waals surface area contributed by atoms with Gasteiger partial charge in [0.15, 0.2) is 5.78 Å². The molecule has 13 nitrogen and oxygen atoms in total. The summed E-state index contributed by atoms with van der Waals surface area (Å²) in [6.07, 6.45) is 2.51. The number of aromatic amines is 1. The number of nitrogens with one attached hydrogen (secondary N) is 3. The zero-order valence-corrected chi connectivity index (χ0v) is 27.1. The summed E-state index contributed by atoms with van der Waals surface area (Å²) in [6, 6.07) is 12.0. The highest BCUT2D eigenvalue weighted by Crippen LogP contribution is 2.43. The second kappa shape index (κ2) is 14.6. The molecule has 13 heteroatoms. The van der Waals surface area contributed by atoms with Gasteiger partial charge in [-0.25, -0.2) is 9.80 Å². The number of likely N-dealkylation sites (tertiary alicyclic amines) is 1. The van der Waals surface area contributed by atoms with Gasteiger partial charge in [-0.1, -0.05) is 26.0 Å². The van der Waals surface area contributed by atoms with Crippen molar-refractivity contribution in [1.29, 1.82) is 0 Å². The molecule has 2 aliphatic heterocycles. The van der Waals surface area contributed by atoms with Gasteiger partial charge in [0.1, 0.15) is 30.7 Å². The Hall–Kier alpha value is -4.30. The van der Waals surface area contributed by atoms with Crippen molar-refractivity contribution in [2.24, 2.45) is 11.7 Å². The van der Waals surface area contributed by atoms with E-state index in [0.717, 1.165) is 30.9 Å². The van der Waals surface area contributed by atoms with E-state index in [9.17, 15) is 14.4 Å². The zero-order valence-electron chi connectivity index (χ0n) is 27.1. The molecule has 2 saturated heterocycles. The van der Waals surface area contributed by atoms with Gasteiger partial charge >= 0.3 is 12.0 Å². The van der Waals surface area contributed by atoms with Gasteiger partial charge in [0.05, 0.1) is 22.5 Å². The number of hydrogen-bond donors (Lipinski definition) is 4. The number of piperazine rings is 1. The van der Waals surface area contributed by atoms with Crippen LogP contribution in [0.1, 0.15) is 42.6 Å². The fourth-order valence-corrected chi connectivity index (χ4v) is 6.23. The maximum atomic E-state index is 13.8. The van der Waals surface area contributed by atoms with E-state index in [1.165, 1.54) is 12.8 Å². The van der Waals surface area contributed by atoms with Crippen LogP contribution >= 0.6 is 0 Å². The Morgan fingerprint density at radius 2 is 1.64 bits per heavy atom. The number of fused-ring (bicyclic) bond motifs is 3.